The molecule has 2 heterocycles. The summed E-state index contributed by atoms with van der Waals surface area (Å²) in [5.74, 6) is 0.564. The van der Waals surface area contributed by atoms with Crippen LogP contribution in [-0.4, -0.2) is 35.7 Å². The lowest BCUT2D eigenvalue weighted by atomic mass is 10.2. The largest absolute Gasteiger partial charge is 0.351 e. The Balaban J connectivity index is 2.25. The van der Waals surface area contributed by atoms with Crippen LogP contribution in [0.4, 0.5) is 5.82 Å². The first-order valence-corrected chi connectivity index (χ1v) is 6.23. The summed E-state index contributed by atoms with van der Waals surface area (Å²) in [5.41, 5.74) is 0.0174. The second-order valence-corrected chi connectivity index (χ2v) is 4.51. The number of rotatable bonds is 4. The van der Waals surface area contributed by atoms with Crippen LogP contribution in [-0.2, 0) is 6.54 Å². The Hall–Kier alpha value is -1.36. The van der Waals surface area contributed by atoms with Crippen LogP contribution >= 0.6 is 0 Å². The summed E-state index contributed by atoms with van der Waals surface area (Å²) in [6.45, 7) is 4.77. The van der Waals surface area contributed by atoms with Crippen molar-refractivity contribution in [1.82, 2.24) is 14.9 Å². The van der Waals surface area contributed by atoms with Gasteiger partial charge >= 0.3 is 0 Å². The first-order valence-electron chi connectivity index (χ1n) is 6.23. The fraction of sp³-hybridized carbons (Fsp3) is 0.667. The summed E-state index contributed by atoms with van der Waals surface area (Å²) in [4.78, 5) is 18.4. The molecule has 1 N–H and O–H groups in total. The third kappa shape index (κ3) is 2.49. The average Bonchev–Trinajstić information content (AvgIpc) is 2.85. The zero-order valence-electron chi connectivity index (χ0n) is 10.5. The number of nitrogens with one attached hydrogen (secondary N) is 1. The van der Waals surface area contributed by atoms with Crippen molar-refractivity contribution < 1.29 is 0 Å². The Kier molecular flexibility index (Phi) is 3.78. The third-order valence-electron chi connectivity index (χ3n) is 3.28. The third-order valence-corrected chi connectivity index (χ3v) is 3.28. The fourth-order valence-electron chi connectivity index (χ4n) is 2.24. The van der Waals surface area contributed by atoms with Crippen molar-refractivity contribution in [3.63, 3.8) is 0 Å². The topological polar surface area (TPSA) is 50.2 Å². The maximum Gasteiger partial charge on any atom is 0.293 e. The minimum atomic E-state index is 0.0174. The van der Waals surface area contributed by atoms with Gasteiger partial charge in [-0.3, -0.25) is 4.79 Å². The van der Waals surface area contributed by atoms with Crippen LogP contribution in [0.2, 0.25) is 0 Å². The Bertz CT molecular complexity index is 423. The summed E-state index contributed by atoms with van der Waals surface area (Å²) in [7, 11) is 1.96. The Morgan fingerprint density at radius 2 is 2.47 bits per heavy atom. The van der Waals surface area contributed by atoms with Crippen LogP contribution < -0.4 is 15.8 Å². The minimum Gasteiger partial charge on any atom is -0.351 e. The van der Waals surface area contributed by atoms with E-state index in [1.165, 1.54) is 0 Å². The highest BCUT2D eigenvalue weighted by atomic mass is 16.1. The van der Waals surface area contributed by atoms with Crippen molar-refractivity contribution in [3.05, 3.63) is 22.7 Å². The fourth-order valence-corrected chi connectivity index (χ4v) is 2.24. The molecule has 1 aliphatic heterocycles. The summed E-state index contributed by atoms with van der Waals surface area (Å²) in [5, 5.41) is 3.30. The second-order valence-electron chi connectivity index (χ2n) is 4.51. The molecule has 1 atom stereocenters. The van der Waals surface area contributed by atoms with Crippen molar-refractivity contribution in [1.29, 1.82) is 0 Å². The maximum atomic E-state index is 12.2. The van der Waals surface area contributed by atoms with E-state index in [9.17, 15) is 4.79 Å². The number of hydrogen-bond acceptors (Lipinski definition) is 4. The lowest BCUT2D eigenvalue weighted by Gasteiger charge is -2.24. The van der Waals surface area contributed by atoms with E-state index < -0.39 is 0 Å². The lowest BCUT2D eigenvalue weighted by Crippen LogP contribution is -2.39. The van der Waals surface area contributed by atoms with Crippen molar-refractivity contribution in [2.45, 2.75) is 32.4 Å². The number of aromatic nitrogens is 2. The molecule has 1 aliphatic rings. The molecule has 1 aromatic rings. The van der Waals surface area contributed by atoms with Gasteiger partial charge in [0.05, 0.1) is 0 Å². The molecule has 5 nitrogen and oxygen atoms in total. The predicted molar refractivity (Wildman–Crippen MR) is 68.5 cm³/mol. The van der Waals surface area contributed by atoms with Crippen LogP contribution in [0.3, 0.4) is 0 Å². The Morgan fingerprint density at radius 1 is 1.65 bits per heavy atom. The highest BCUT2D eigenvalue weighted by molar-refractivity contribution is 5.36. The van der Waals surface area contributed by atoms with Crippen molar-refractivity contribution >= 4 is 5.82 Å². The smallest absolute Gasteiger partial charge is 0.293 e. The molecule has 2 rings (SSSR count). The van der Waals surface area contributed by atoms with Crippen molar-refractivity contribution in [3.8, 4) is 0 Å². The number of aryl methyl sites for hydroxylation is 1. The van der Waals surface area contributed by atoms with E-state index in [4.69, 9.17) is 0 Å². The molecular weight excluding hydrogens is 216 g/mol. The van der Waals surface area contributed by atoms with Crippen molar-refractivity contribution in [2.24, 2.45) is 0 Å². The lowest BCUT2D eigenvalue weighted by molar-refractivity contribution is 0.627. The second kappa shape index (κ2) is 5.31. The number of anilines is 1. The van der Waals surface area contributed by atoms with E-state index in [0.717, 1.165) is 32.5 Å². The molecule has 0 bridgehead atoms. The quantitative estimate of drug-likeness (QED) is 0.824. The van der Waals surface area contributed by atoms with E-state index >= 15 is 0 Å². The number of nitrogens with zero attached hydrogens (tertiary/aromatic N) is 3. The molecular formula is C12H20N4O. The van der Waals surface area contributed by atoms with Gasteiger partial charge in [-0.1, -0.05) is 6.92 Å². The van der Waals surface area contributed by atoms with Gasteiger partial charge in [-0.15, -0.1) is 0 Å². The summed E-state index contributed by atoms with van der Waals surface area (Å²) >= 11 is 0. The minimum absolute atomic E-state index is 0.0174. The van der Waals surface area contributed by atoms with E-state index in [1.54, 1.807) is 17.0 Å². The average molecular weight is 236 g/mol. The number of hydrogen-bond donors (Lipinski definition) is 1. The molecule has 1 unspecified atom stereocenters. The van der Waals surface area contributed by atoms with Crippen molar-refractivity contribution in [2.75, 3.05) is 25.0 Å². The zero-order valence-corrected chi connectivity index (χ0v) is 10.5. The Labute approximate surface area is 101 Å². The summed E-state index contributed by atoms with van der Waals surface area (Å²) < 4.78 is 1.74. The van der Waals surface area contributed by atoms with Crippen LogP contribution in [0.15, 0.2) is 17.2 Å². The van der Waals surface area contributed by atoms with Gasteiger partial charge in [0, 0.05) is 38.6 Å². The van der Waals surface area contributed by atoms with Gasteiger partial charge in [-0.2, -0.15) is 0 Å². The molecule has 0 saturated carbocycles. The highest BCUT2D eigenvalue weighted by Crippen LogP contribution is 2.11. The van der Waals surface area contributed by atoms with Crippen LogP contribution in [0, 0.1) is 0 Å². The predicted octanol–water partition coefficient (Wildman–Crippen LogP) is 0.451. The van der Waals surface area contributed by atoms with Gasteiger partial charge in [-0.05, 0) is 19.4 Å². The standard InChI is InChI=1S/C12H20N4O/c1-3-7-16-8-6-14-11(12(16)17)15(2)10-4-5-13-9-10/h6,8,10,13H,3-5,7,9H2,1-2H3. The van der Waals surface area contributed by atoms with E-state index in [2.05, 4.69) is 17.2 Å². The zero-order chi connectivity index (χ0) is 12.3. The summed E-state index contributed by atoms with van der Waals surface area (Å²) in [6.07, 6.45) is 5.50. The molecule has 0 radical (unpaired) electrons. The summed E-state index contributed by atoms with van der Waals surface area (Å²) in [6, 6.07) is 0.382. The molecule has 1 fully saturated rings. The van der Waals surface area contributed by atoms with Crippen LogP contribution in [0.25, 0.3) is 0 Å². The molecule has 0 spiro atoms. The molecule has 94 valence electrons. The van der Waals surface area contributed by atoms with Gasteiger partial charge in [-0.25, -0.2) is 4.98 Å². The normalized spacial score (nSPS) is 19.5. The molecule has 0 amide bonds. The Morgan fingerprint density at radius 3 is 3.12 bits per heavy atom. The van der Waals surface area contributed by atoms with Gasteiger partial charge in [0.25, 0.3) is 5.56 Å². The first kappa shape index (κ1) is 12.1. The van der Waals surface area contributed by atoms with Crippen LogP contribution in [0.1, 0.15) is 19.8 Å². The highest BCUT2D eigenvalue weighted by Gasteiger charge is 2.22. The first-order chi connectivity index (χ1) is 8.24. The molecule has 0 aliphatic carbocycles. The monoisotopic (exact) mass is 236 g/mol. The van der Waals surface area contributed by atoms with E-state index in [-0.39, 0.29) is 5.56 Å². The number of likely N-dealkylation sites (N-methyl/N-ethyl adjacent to an activating group) is 1. The molecule has 1 aromatic heterocycles. The maximum absolute atomic E-state index is 12.2. The van der Waals surface area contributed by atoms with Gasteiger partial charge < -0.3 is 14.8 Å². The van der Waals surface area contributed by atoms with Gasteiger partial charge in [0.15, 0.2) is 5.82 Å². The van der Waals surface area contributed by atoms with Gasteiger partial charge in [0.1, 0.15) is 0 Å². The molecule has 5 heteroatoms. The van der Waals surface area contributed by atoms with Gasteiger partial charge in [0.2, 0.25) is 0 Å². The molecule has 17 heavy (non-hydrogen) atoms. The van der Waals surface area contributed by atoms with E-state index in [1.807, 2.05) is 11.9 Å². The SMILES string of the molecule is CCCn1ccnc(N(C)C2CCNC2)c1=O. The van der Waals surface area contributed by atoms with Crippen LogP contribution in [0.5, 0.6) is 0 Å². The molecule has 0 aromatic carbocycles. The van der Waals surface area contributed by atoms with E-state index in [0.29, 0.717) is 11.9 Å². The molecule has 1 saturated heterocycles.